The van der Waals surface area contributed by atoms with Gasteiger partial charge in [0.25, 0.3) is 0 Å². The van der Waals surface area contributed by atoms with Gasteiger partial charge in [0.2, 0.25) is 5.91 Å². The largest absolute Gasteiger partial charge is 0.409 e. The zero-order valence-corrected chi connectivity index (χ0v) is 11.7. The molecular weight excluding hydrogens is 293 g/mol. The molecule has 0 radical (unpaired) electrons. The summed E-state index contributed by atoms with van der Waals surface area (Å²) in [7, 11) is 0. The molecule has 1 aliphatic heterocycles. The fraction of sp³-hybridized carbons (Fsp3) is 0.462. The lowest BCUT2D eigenvalue weighted by Gasteiger charge is -2.29. The average molecular weight is 307 g/mol. The van der Waals surface area contributed by atoms with Crippen LogP contribution in [0, 0.1) is 5.41 Å². The van der Waals surface area contributed by atoms with Gasteiger partial charge in [-0.1, -0.05) is 23.7 Å². The summed E-state index contributed by atoms with van der Waals surface area (Å²) in [6.07, 6.45) is -4.52. The van der Waals surface area contributed by atoms with E-state index in [0.717, 1.165) is 5.01 Å². The maximum Gasteiger partial charge on any atom is 0.409 e. The van der Waals surface area contributed by atoms with Crippen molar-refractivity contribution in [3.8, 4) is 0 Å². The fourth-order valence-corrected chi connectivity index (χ4v) is 2.40. The van der Waals surface area contributed by atoms with E-state index in [1.54, 1.807) is 13.8 Å². The molecular formula is C13H14ClF3N2O. The van der Waals surface area contributed by atoms with Gasteiger partial charge in [0.1, 0.15) is 6.04 Å². The molecule has 1 amide bonds. The first-order valence-corrected chi connectivity index (χ1v) is 6.39. The zero-order chi connectivity index (χ0) is 15.1. The highest BCUT2D eigenvalue weighted by Gasteiger charge is 2.51. The van der Waals surface area contributed by atoms with Crippen LogP contribution in [0.2, 0.25) is 5.02 Å². The molecule has 1 aromatic rings. The number of alkyl halides is 3. The Bertz CT molecular complexity index is 531. The van der Waals surface area contributed by atoms with Crippen molar-refractivity contribution in [3.05, 3.63) is 34.9 Å². The van der Waals surface area contributed by atoms with Crippen LogP contribution < -0.4 is 5.43 Å². The Hall–Kier alpha value is -1.27. The molecule has 0 aliphatic carbocycles. The Morgan fingerprint density at radius 3 is 2.50 bits per heavy atom. The van der Waals surface area contributed by atoms with Crippen molar-refractivity contribution < 1.29 is 18.0 Å². The summed E-state index contributed by atoms with van der Waals surface area (Å²) in [6.45, 7) is 3.18. The summed E-state index contributed by atoms with van der Waals surface area (Å²) in [6, 6.07) is 3.66. The number of rotatable bonds is 2. The standard InChI is InChI=1S/C13H14ClF3N2O/c1-12(2)7-19(18-11(12)20)10(13(15,16)17)8-4-3-5-9(14)6-8/h3-6,10H,7H2,1-2H3,(H,18,20). The van der Waals surface area contributed by atoms with Crippen molar-refractivity contribution in [2.75, 3.05) is 6.54 Å². The van der Waals surface area contributed by atoms with Crippen LogP contribution in [0.25, 0.3) is 0 Å². The maximum absolute atomic E-state index is 13.3. The van der Waals surface area contributed by atoms with Crippen molar-refractivity contribution >= 4 is 17.5 Å². The van der Waals surface area contributed by atoms with Gasteiger partial charge in [-0.25, -0.2) is 5.01 Å². The number of hydrazine groups is 1. The van der Waals surface area contributed by atoms with E-state index in [9.17, 15) is 18.0 Å². The van der Waals surface area contributed by atoms with Gasteiger partial charge in [0.05, 0.1) is 5.41 Å². The highest BCUT2D eigenvalue weighted by Crippen LogP contribution is 2.40. The zero-order valence-electron chi connectivity index (χ0n) is 11.0. The molecule has 1 heterocycles. The molecule has 1 fully saturated rings. The molecule has 3 nitrogen and oxygen atoms in total. The number of carbonyl (C=O) groups excluding carboxylic acids is 1. The summed E-state index contributed by atoms with van der Waals surface area (Å²) >= 11 is 5.76. The number of carbonyl (C=O) groups is 1. The maximum atomic E-state index is 13.3. The summed E-state index contributed by atoms with van der Waals surface area (Å²) in [4.78, 5) is 11.7. The first-order valence-electron chi connectivity index (χ1n) is 6.01. The topological polar surface area (TPSA) is 32.3 Å². The van der Waals surface area contributed by atoms with Crippen molar-refractivity contribution in [2.24, 2.45) is 5.41 Å². The Morgan fingerprint density at radius 1 is 1.40 bits per heavy atom. The summed E-state index contributed by atoms with van der Waals surface area (Å²) in [5, 5.41) is 1.15. The predicted octanol–water partition coefficient (Wildman–Crippen LogP) is 3.32. The van der Waals surface area contributed by atoms with Crippen molar-refractivity contribution in [1.82, 2.24) is 10.4 Å². The highest BCUT2D eigenvalue weighted by molar-refractivity contribution is 6.30. The number of halogens is 4. The van der Waals surface area contributed by atoms with Crippen LogP contribution in [0.4, 0.5) is 13.2 Å². The molecule has 1 aromatic carbocycles. The van der Waals surface area contributed by atoms with Crippen LogP contribution in [-0.2, 0) is 4.79 Å². The Labute approximate surface area is 119 Å². The number of nitrogens with one attached hydrogen (secondary N) is 1. The molecule has 1 unspecified atom stereocenters. The molecule has 0 bridgehead atoms. The first kappa shape index (κ1) is 15.1. The highest BCUT2D eigenvalue weighted by atomic mass is 35.5. The minimum absolute atomic E-state index is 0.00278. The van der Waals surface area contributed by atoms with E-state index >= 15 is 0 Å². The molecule has 1 atom stereocenters. The Kier molecular flexibility index (Phi) is 3.73. The van der Waals surface area contributed by atoms with E-state index in [2.05, 4.69) is 5.43 Å². The van der Waals surface area contributed by atoms with Gasteiger partial charge in [-0.3, -0.25) is 10.2 Å². The minimum Gasteiger partial charge on any atom is -0.287 e. The van der Waals surface area contributed by atoms with Gasteiger partial charge < -0.3 is 0 Å². The Morgan fingerprint density at radius 2 is 2.05 bits per heavy atom. The third-order valence-electron chi connectivity index (χ3n) is 3.21. The van der Waals surface area contributed by atoms with Crippen LogP contribution in [0.3, 0.4) is 0 Å². The summed E-state index contributed by atoms with van der Waals surface area (Å²) < 4.78 is 40.0. The number of hydrogen-bond acceptors (Lipinski definition) is 2. The molecule has 0 saturated carbocycles. The summed E-state index contributed by atoms with van der Waals surface area (Å²) in [5.41, 5.74) is 1.44. The second kappa shape index (κ2) is 4.93. The number of amides is 1. The van der Waals surface area contributed by atoms with Gasteiger partial charge >= 0.3 is 6.18 Å². The van der Waals surface area contributed by atoms with Crippen molar-refractivity contribution in [1.29, 1.82) is 0 Å². The Balaban J connectivity index is 2.38. The van der Waals surface area contributed by atoms with E-state index < -0.39 is 23.5 Å². The van der Waals surface area contributed by atoms with E-state index in [0.29, 0.717) is 0 Å². The molecule has 1 N–H and O–H groups in total. The van der Waals surface area contributed by atoms with Gasteiger partial charge in [0.15, 0.2) is 0 Å². The fourth-order valence-electron chi connectivity index (χ4n) is 2.20. The molecule has 0 aromatic heterocycles. The smallest absolute Gasteiger partial charge is 0.287 e. The van der Waals surface area contributed by atoms with Crippen molar-refractivity contribution in [2.45, 2.75) is 26.1 Å². The van der Waals surface area contributed by atoms with E-state index in [1.807, 2.05) is 0 Å². The van der Waals surface area contributed by atoms with Gasteiger partial charge in [-0.05, 0) is 31.5 Å². The third kappa shape index (κ3) is 2.91. The lowest BCUT2D eigenvalue weighted by Crippen LogP contribution is -2.43. The quantitative estimate of drug-likeness (QED) is 0.909. The number of hydrogen-bond donors (Lipinski definition) is 1. The molecule has 0 spiro atoms. The monoisotopic (exact) mass is 306 g/mol. The van der Waals surface area contributed by atoms with E-state index in [1.165, 1.54) is 24.3 Å². The lowest BCUT2D eigenvalue weighted by atomic mass is 9.94. The van der Waals surface area contributed by atoms with Crippen LogP contribution >= 0.6 is 11.6 Å². The molecule has 2 rings (SSSR count). The predicted molar refractivity (Wildman–Crippen MR) is 68.9 cm³/mol. The molecule has 1 aliphatic rings. The second-order valence-corrected chi connectivity index (χ2v) is 5.89. The molecule has 1 saturated heterocycles. The minimum atomic E-state index is -4.52. The van der Waals surface area contributed by atoms with Crippen molar-refractivity contribution in [3.63, 3.8) is 0 Å². The van der Waals surface area contributed by atoms with Crippen LogP contribution in [-0.4, -0.2) is 23.6 Å². The number of nitrogens with zero attached hydrogens (tertiary/aromatic N) is 1. The van der Waals surface area contributed by atoms with Gasteiger partial charge in [-0.2, -0.15) is 13.2 Å². The average Bonchev–Trinajstić information content (AvgIpc) is 2.50. The van der Waals surface area contributed by atoms with Crippen LogP contribution in [0.5, 0.6) is 0 Å². The van der Waals surface area contributed by atoms with Crippen LogP contribution in [0.1, 0.15) is 25.5 Å². The summed E-state index contributed by atoms with van der Waals surface area (Å²) in [5.74, 6) is -0.422. The normalized spacial score (nSPS) is 20.8. The van der Waals surface area contributed by atoms with Gasteiger partial charge in [0, 0.05) is 11.6 Å². The molecule has 20 heavy (non-hydrogen) atoms. The number of benzene rings is 1. The first-order chi connectivity index (χ1) is 9.11. The lowest BCUT2D eigenvalue weighted by molar-refractivity contribution is -0.191. The van der Waals surface area contributed by atoms with Crippen LogP contribution in [0.15, 0.2) is 24.3 Å². The molecule has 110 valence electrons. The van der Waals surface area contributed by atoms with E-state index in [4.69, 9.17) is 11.6 Å². The molecule has 7 heteroatoms. The SMILES string of the molecule is CC1(C)CN(C(c2cccc(Cl)c2)C(F)(F)F)NC1=O. The van der Waals surface area contributed by atoms with Gasteiger partial charge in [-0.15, -0.1) is 0 Å². The van der Waals surface area contributed by atoms with E-state index in [-0.39, 0.29) is 17.1 Å². The second-order valence-electron chi connectivity index (χ2n) is 5.45. The third-order valence-corrected chi connectivity index (χ3v) is 3.45.